The lowest BCUT2D eigenvalue weighted by molar-refractivity contribution is -0.167. The van der Waals surface area contributed by atoms with Crippen LogP contribution in [0, 0.1) is 11.8 Å². The molecule has 0 radical (unpaired) electrons. The van der Waals surface area contributed by atoms with Gasteiger partial charge in [-0.3, -0.25) is 14.4 Å². The quantitative estimate of drug-likeness (QED) is 0.0343. The van der Waals surface area contributed by atoms with Crippen molar-refractivity contribution in [2.75, 3.05) is 13.2 Å². The van der Waals surface area contributed by atoms with Gasteiger partial charge in [0.15, 0.2) is 6.10 Å². The molecule has 0 aliphatic carbocycles. The molecule has 0 rings (SSSR count). The van der Waals surface area contributed by atoms with Crippen LogP contribution in [-0.4, -0.2) is 37.2 Å². The van der Waals surface area contributed by atoms with Crippen LogP contribution in [0.1, 0.15) is 375 Å². The standard InChI is InChI=1S/C66H128O6/c1-6-7-8-9-10-11-12-13-14-15-19-23-26-33-38-43-48-53-58-66(69)72-63(60-71-65(68)57-52-47-42-37-32-28-27-30-35-40-45-50-55-62(4)5)59-70-64(67)56-51-46-41-36-31-25-22-20-17-16-18-21-24-29-34-39-44-49-54-61(2)3/h61-63H,6-60H2,1-5H3/t63-/m1/s1. The Morgan fingerprint density at radius 2 is 0.458 bits per heavy atom. The Labute approximate surface area is 450 Å². The van der Waals surface area contributed by atoms with Crippen molar-refractivity contribution >= 4 is 17.9 Å². The SMILES string of the molecule is CCCCCCCCCCCCCCCCCCCCC(=O)O[C@H](COC(=O)CCCCCCCCCCCCCCCCCCCCC(C)C)COC(=O)CCCCCCCCCCCCCCC(C)C. The summed E-state index contributed by atoms with van der Waals surface area (Å²) in [5.74, 6) is 0.863. The lowest BCUT2D eigenvalue weighted by atomic mass is 10.0. The van der Waals surface area contributed by atoms with E-state index in [-0.39, 0.29) is 31.1 Å². The Bertz CT molecular complexity index is 1100. The van der Waals surface area contributed by atoms with E-state index < -0.39 is 6.10 Å². The molecular weight excluding hydrogens is 889 g/mol. The van der Waals surface area contributed by atoms with Crippen molar-refractivity contribution in [1.29, 1.82) is 0 Å². The van der Waals surface area contributed by atoms with E-state index in [9.17, 15) is 14.4 Å². The first-order valence-electron chi connectivity index (χ1n) is 32.7. The minimum absolute atomic E-state index is 0.0617. The predicted octanol–water partition coefficient (Wildman–Crippen LogP) is 22.0. The largest absolute Gasteiger partial charge is 0.462 e. The maximum absolute atomic E-state index is 12.9. The van der Waals surface area contributed by atoms with Gasteiger partial charge in [-0.1, -0.05) is 336 Å². The average molecular weight is 1020 g/mol. The minimum Gasteiger partial charge on any atom is -0.462 e. The third kappa shape index (κ3) is 59.3. The van der Waals surface area contributed by atoms with E-state index in [4.69, 9.17) is 14.2 Å². The van der Waals surface area contributed by atoms with Crippen molar-refractivity contribution in [2.45, 2.75) is 381 Å². The van der Waals surface area contributed by atoms with Crippen molar-refractivity contribution in [3.8, 4) is 0 Å². The van der Waals surface area contributed by atoms with Crippen LogP contribution >= 0.6 is 0 Å². The van der Waals surface area contributed by atoms with Gasteiger partial charge in [0.2, 0.25) is 0 Å². The van der Waals surface area contributed by atoms with Crippen molar-refractivity contribution in [3.05, 3.63) is 0 Å². The molecule has 0 saturated carbocycles. The molecule has 0 heterocycles. The molecule has 6 nitrogen and oxygen atoms in total. The first-order chi connectivity index (χ1) is 35.2. The first kappa shape index (κ1) is 70.4. The normalized spacial score (nSPS) is 12.0. The molecule has 0 aromatic rings. The molecule has 0 fully saturated rings. The van der Waals surface area contributed by atoms with Gasteiger partial charge in [-0.05, 0) is 31.1 Å². The summed E-state index contributed by atoms with van der Waals surface area (Å²) in [7, 11) is 0. The molecular formula is C66H128O6. The zero-order chi connectivity index (χ0) is 52.5. The molecule has 0 aliphatic rings. The van der Waals surface area contributed by atoms with Gasteiger partial charge in [0.05, 0.1) is 0 Å². The zero-order valence-corrected chi connectivity index (χ0v) is 49.6. The topological polar surface area (TPSA) is 78.9 Å². The fourth-order valence-corrected chi connectivity index (χ4v) is 10.3. The minimum atomic E-state index is -0.764. The molecule has 6 heteroatoms. The summed E-state index contributed by atoms with van der Waals surface area (Å²) in [5, 5.41) is 0. The predicted molar refractivity (Wildman–Crippen MR) is 312 cm³/mol. The van der Waals surface area contributed by atoms with Gasteiger partial charge >= 0.3 is 17.9 Å². The molecule has 0 aromatic carbocycles. The monoisotopic (exact) mass is 1020 g/mol. The van der Waals surface area contributed by atoms with Gasteiger partial charge in [-0.15, -0.1) is 0 Å². The highest BCUT2D eigenvalue weighted by molar-refractivity contribution is 5.71. The van der Waals surface area contributed by atoms with E-state index in [0.29, 0.717) is 19.3 Å². The maximum Gasteiger partial charge on any atom is 0.306 e. The van der Waals surface area contributed by atoms with Gasteiger partial charge in [-0.2, -0.15) is 0 Å². The maximum atomic E-state index is 12.9. The molecule has 428 valence electrons. The Morgan fingerprint density at radius 1 is 0.264 bits per heavy atom. The van der Waals surface area contributed by atoms with E-state index in [1.807, 2.05) is 0 Å². The van der Waals surface area contributed by atoms with Crippen molar-refractivity contribution in [2.24, 2.45) is 11.8 Å². The molecule has 1 atom stereocenters. The van der Waals surface area contributed by atoms with E-state index in [1.165, 1.54) is 263 Å². The van der Waals surface area contributed by atoms with Crippen LogP contribution in [-0.2, 0) is 28.6 Å². The summed E-state index contributed by atoms with van der Waals surface area (Å²) >= 11 is 0. The highest BCUT2D eigenvalue weighted by atomic mass is 16.6. The van der Waals surface area contributed by atoms with Crippen molar-refractivity contribution in [1.82, 2.24) is 0 Å². The summed E-state index contributed by atoms with van der Waals surface area (Å²) < 4.78 is 17.0. The van der Waals surface area contributed by atoms with Crippen LogP contribution in [0.25, 0.3) is 0 Å². The lowest BCUT2D eigenvalue weighted by Gasteiger charge is -2.18. The highest BCUT2D eigenvalue weighted by Crippen LogP contribution is 2.19. The first-order valence-corrected chi connectivity index (χ1v) is 32.7. The van der Waals surface area contributed by atoms with Gasteiger partial charge in [-0.25, -0.2) is 0 Å². The number of carbonyl (C=O) groups excluding carboxylic acids is 3. The highest BCUT2D eigenvalue weighted by Gasteiger charge is 2.19. The zero-order valence-electron chi connectivity index (χ0n) is 49.6. The second-order valence-corrected chi connectivity index (χ2v) is 23.7. The lowest BCUT2D eigenvalue weighted by Crippen LogP contribution is -2.30. The van der Waals surface area contributed by atoms with Crippen molar-refractivity contribution in [3.63, 3.8) is 0 Å². The van der Waals surface area contributed by atoms with Gasteiger partial charge in [0, 0.05) is 19.3 Å². The molecule has 0 amide bonds. The number of hydrogen-bond acceptors (Lipinski definition) is 6. The molecule has 72 heavy (non-hydrogen) atoms. The summed E-state index contributed by atoms with van der Waals surface area (Å²) in [6, 6.07) is 0. The molecule has 0 unspecified atom stereocenters. The van der Waals surface area contributed by atoms with E-state index in [1.54, 1.807) is 0 Å². The van der Waals surface area contributed by atoms with Gasteiger partial charge in [0.25, 0.3) is 0 Å². The third-order valence-corrected chi connectivity index (χ3v) is 15.2. The average Bonchev–Trinajstić information content (AvgIpc) is 3.36. The van der Waals surface area contributed by atoms with E-state index >= 15 is 0 Å². The molecule has 0 aromatic heterocycles. The Kier molecular flexibility index (Phi) is 57.4. The summed E-state index contributed by atoms with van der Waals surface area (Å²) in [6.45, 7) is 11.5. The Hall–Kier alpha value is -1.59. The summed E-state index contributed by atoms with van der Waals surface area (Å²) in [6.07, 6.45) is 65.4. The molecule has 0 aliphatic heterocycles. The Balaban J connectivity index is 4.26. The van der Waals surface area contributed by atoms with Gasteiger partial charge < -0.3 is 14.2 Å². The second kappa shape index (κ2) is 58.7. The van der Waals surface area contributed by atoms with Crippen LogP contribution in [0.5, 0.6) is 0 Å². The fraction of sp³-hybridized carbons (Fsp3) is 0.955. The number of carbonyl (C=O) groups is 3. The summed E-state index contributed by atoms with van der Waals surface area (Å²) in [5.41, 5.74) is 0. The van der Waals surface area contributed by atoms with Crippen LogP contribution in [0.3, 0.4) is 0 Å². The second-order valence-electron chi connectivity index (χ2n) is 23.7. The number of unbranched alkanes of at least 4 members (excludes halogenated alkanes) is 45. The van der Waals surface area contributed by atoms with Crippen molar-refractivity contribution < 1.29 is 28.6 Å². The van der Waals surface area contributed by atoms with Gasteiger partial charge in [0.1, 0.15) is 13.2 Å². The van der Waals surface area contributed by atoms with Crippen LogP contribution in [0.2, 0.25) is 0 Å². The smallest absolute Gasteiger partial charge is 0.306 e. The van der Waals surface area contributed by atoms with Crippen LogP contribution < -0.4 is 0 Å². The Morgan fingerprint density at radius 3 is 0.681 bits per heavy atom. The summed E-state index contributed by atoms with van der Waals surface area (Å²) in [4.78, 5) is 38.3. The van der Waals surface area contributed by atoms with E-state index in [2.05, 4.69) is 34.6 Å². The van der Waals surface area contributed by atoms with Crippen LogP contribution in [0.15, 0.2) is 0 Å². The molecule has 0 N–H and O–H groups in total. The molecule has 0 bridgehead atoms. The molecule has 0 saturated heterocycles. The van der Waals surface area contributed by atoms with E-state index in [0.717, 1.165) is 69.6 Å². The third-order valence-electron chi connectivity index (χ3n) is 15.2. The van der Waals surface area contributed by atoms with Crippen LogP contribution in [0.4, 0.5) is 0 Å². The molecule has 0 spiro atoms. The number of hydrogen-bond donors (Lipinski definition) is 0. The fourth-order valence-electron chi connectivity index (χ4n) is 10.3. The number of ether oxygens (including phenoxy) is 3. The number of esters is 3. The number of rotatable bonds is 60.